The number of hydrogen-bond donors (Lipinski definition) is 1. The van der Waals surface area contributed by atoms with Crippen molar-refractivity contribution in [2.45, 2.75) is 31.4 Å². The molecule has 1 fully saturated rings. The third kappa shape index (κ3) is 3.26. The lowest BCUT2D eigenvalue weighted by Crippen LogP contribution is -2.28. The summed E-state index contributed by atoms with van der Waals surface area (Å²) in [6.45, 7) is 4.54. The van der Waals surface area contributed by atoms with Crippen molar-refractivity contribution in [3.63, 3.8) is 0 Å². The zero-order valence-electron chi connectivity index (χ0n) is 10.0. The van der Waals surface area contributed by atoms with Crippen LogP contribution in [0.5, 0.6) is 0 Å². The van der Waals surface area contributed by atoms with Gasteiger partial charge in [-0.1, -0.05) is 37.6 Å². The molecule has 88 valence electrons. The van der Waals surface area contributed by atoms with Crippen LogP contribution in [-0.2, 0) is 6.42 Å². The monoisotopic (exact) mass is 235 g/mol. The van der Waals surface area contributed by atoms with Gasteiger partial charge in [-0.15, -0.1) is 0 Å². The van der Waals surface area contributed by atoms with Crippen molar-refractivity contribution in [2.75, 3.05) is 18.8 Å². The molecule has 2 rings (SSSR count). The predicted octanol–water partition coefficient (Wildman–Crippen LogP) is 3.41. The molecule has 16 heavy (non-hydrogen) atoms. The molecule has 1 aromatic rings. The average Bonchev–Trinajstić information content (AvgIpc) is 2.38. The Bertz CT molecular complexity index is 301. The Balaban J connectivity index is 1.95. The van der Waals surface area contributed by atoms with Crippen LogP contribution < -0.4 is 5.32 Å². The fourth-order valence-corrected chi connectivity index (χ4v) is 3.19. The maximum Gasteiger partial charge on any atom is 0.0422 e. The smallest absolute Gasteiger partial charge is 0.0422 e. The van der Waals surface area contributed by atoms with Gasteiger partial charge in [0.25, 0.3) is 0 Å². The van der Waals surface area contributed by atoms with Crippen LogP contribution in [0.25, 0.3) is 0 Å². The standard InChI is InChI=1S/C14H21NS/c1-2-3-4-12-5-7-13(8-6-12)14-11-15-9-10-16-14/h5-8,14-15H,2-4,9-11H2,1H3. The number of rotatable bonds is 4. The molecule has 1 saturated heterocycles. The predicted molar refractivity (Wildman–Crippen MR) is 73.1 cm³/mol. The molecule has 1 atom stereocenters. The summed E-state index contributed by atoms with van der Waals surface area (Å²) in [4.78, 5) is 0. The van der Waals surface area contributed by atoms with Crippen LogP contribution in [-0.4, -0.2) is 18.8 Å². The van der Waals surface area contributed by atoms with E-state index in [2.05, 4.69) is 48.3 Å². The lowest BCUT2D eigenvalue weighted by atomic mass is 10.0. The summed E-state index contributed by atoms with van der Waals surface area (Å²) >= 11 is 2.08. The van der Waals surface area contributed by atoms with Gasteiger partial charge in [-0.25, -0.2) is 0 Å². The van der Waals surface area contributed by atoms with E-state index < -0.39 is 0 Å². The zero-order valence-corrected chi connectivity index (χ0v) is 10.9. The first-order valence-electron chi connectivity index (χ1n) is 6.31. The Morgan fingerprint density at radius 2 is 2.12 bits per heavy atom. The molecule has 0 aliphatic carbocycles. The molecule has 0 bridgehead atoms. The van der Waals surface area contributed by atoms with Crippen LogP contribution in [0.15, 0.2) is 24.3 Å². The molecule has 1 aliphatic heterocycles. The lowest BCUT2D eigenvalue weighted by Gasteiger charge is -2.22. The molecule has 0 spiro atoms. The van der Waals surface area contributed by atoms with Crippen LogP contribution in [0.4, 0.5) is 0 Å². The van der Waals surface area contributed by atoms with E-state index in [4.69, 9.17) is 0 Å². The molecule has 1 N–H and O–H groups in total. The van der Waals surface area contributed by atoms with Gasteiger partial charge in [0, 0.05) is 24.1 Å². The molecule has 0 aromatic heterocycles. The summed E-state index contributed by atoms with van der Waals surface area (Å²) in [7, 11) is 0. The van der Waals surface area contributed by atoms with Gasteiger partial charge in [-0.3, -0.25) is 0 Å². The van der Waals surface area contributed by atoms with Crippen molar-refractivity contribution in [3.8, 4) is 0 Å². The van der Waals surface area contributed by atoms with Crippen LogP contribution in [0.3, 0.4) is 0 Å². The quantitative estimate of drug-likeness (QED) is 0.858. The number of hydrogen-bond acceptors (Lipinski definition) is 2. The number of aryl methyl sites for hydroxylation is 1. The fourth-order valence-electron chi connectivity index (χ4n) is 2.06. The minimum atomic E-state index is 0.661. The van der Waals surface area contributed by atoms with Crippen LogP contribution in [0, 0.1) is 0 Å². The summed E-state index contributed by atoms with van der Waals surface area (Å²) in [6, 6.07) is 9.24. The highest BCUT2D eigenvalue weighted by Gasteiger charge is 2.14. The summed E-state index contributed by atoms with van der Waals surface area (Å²) < 4.78 is 0. The molecular weight excluding hydrogens is 214 g/mol. The van der Waals surface area contributed by atoms with Gasteiger partial charge in [0.05, 0.1) is 0 Å². The Kier molecular flexibility index (Phi) is 4.73. The van der Waals surface area contributed by atoms with Crippen LogP contribution in [0.2, 0.25) is 0 Å². The molecule has 1 aliphatic rings. The van der Waals surface area contributed by atoms with Gasteiger partial charge >= 0.3 is 0 Å². The van der Waals surface area contributed by atoms with Crippen molar-refractivity contribution in [3.05, 3.63) is 35.4 Å². The Hall–Kier alpha value is -0.470. The molecule has 1 aromatic carbocycles. The maximum absolute atomic E-state index is 3.46. The molecule has 1 unspecified atom stereocenters. The van der Waals surface area contributed by atoms with E-state index in [-0.39, 0.29) is 0 Å². The van der Waals surface area contributed by atoms with E-state index in [1.165, 1.54) is 36.1 Å². The third-order valence-electron chi connectivity index (χ3n) is 3.10. The second kappa shape index (κ2) is 6.31. The summed E-state index contributed by atoms with van der Waals surface area (Å²) in [5.74, 6) is 1.24. The number of benzene rings is 1. The topological polar surface area (TPSA) is 12.0 Å². The van der Waals surface area contributed by atoms with E-state index in [0.29, 0.717) is 5.25 Å². The van der Waals surface area contributed by atoms with Gasteiger partial charge in [0.1, 0.15) is 0 Å². The Morgan fingerprint density at radius 1 is 1.31 bits per heavy atom. The first-order valence-corrected chi connectivity index (χ1v) is 7.36. The van der Waals surface area contributed by atoms with E-state index in [1.807, 2.05) is 0 Å². The highest BCUT2D eigenvalue weighted by molar-refractivity contribution is 7.99. The van der Waals surface area contributed by atoms with Gasteiger partial charge in [-0.05, 0) is 24.0 Å². The van der Waals surface area contributed by atoms with Crippen molar-refractivity contribution < 1.29 is 0 Å². The minimum Gasteiger partial charge on any atom is -0.314 e. The van der Waals surface area contributed by atoms with Crippen LogP contribution >= 0.6 is 11.8 Å². The zero-order chi connectivity index (χ0) is 11.2. The SMILES string of the molecule is CCCCc1ccc(C2CNCCS2)cc1. The van der Waals surface area contributed by atoms with Gasteiger partial charge < -0.3 is 5.32 Å². The minimum absolute atomic E-state index is 0.661. The molecule has 1 nitrogen and oxygen atoms in total. The molecular formula is C14H21NS. The van der Waals surface area contributed by atoms with Crippen molar-refractivity contribution in [2.24, 2.45) is 0 Å². The molecule has 0 amide bonds. The highest BCUT2D eigenvalue weighted by atomic mass is 32.2. The van der Waals surface area contributed by atoms with Gasteiger partial charge in [0.15, 0.2) is 0 Å². The molecule has 2 heteroatoms. The van der Waals surface area contributed by atoms with Gasteiger partial charge in [0.2, 0.25) is 0 Å². The Labute approximate surface area is 103 Å². The summed E-state index contributed by atoms with van der Waals surface area (Å²) in [5, 5.41) is 4.12. The van der Waals surface area contributed by atoms with Crippen molar-refractivity contribution >= 4 is 11.8 Å². The number of unbranched alkanes of at least 4 members (excludes halogenated alkanes) is 1. The second-order valence-electron chi connectivity index (χ2n) is 4.41. The maximum atomic E-state index is 3.46. The molecule has 0 radical (unpaired) electrons. The molecule has 1 heterocycles. The first kappa shape index (κ1) is 12.0. The van der Waals surface area contributed by atoms with Crippen LogP contribution in [0.1, 0.15) is 36.1 Å². The second-order valence-corrected chi connectivity index (χ2v) is 5.72. The third-order valence-corrected chi connectivity index (χ3v) is 4.38. The van der Waals surface area contributed by atoms with Crippen molar-refractivity contribution in [1.82, 2.24) is 5.32 Å². The summed E-state index contributed by atoms with van der Waals surface area (Å²) in [6.07, 6.45) is 3.82. The van der Waals surface area contributed by atoms with E-state index in [1.54, 1.807) is 0 Å². The highest BCUT2D eigenvalue weighted by Crippen LogP contribution is 2.30. The van der Waals surface area contributed by atoms with E-state index in [0.717, 1.165) is 13.1 Å². The first-order chi connectivity index (χ1) is 7.90. The van der Waals surface area contributed by atoms with Crippen molar-refractivity contribution in [1.29, 1.82) is 0 Å². The van der Waals surface area contributed by atoms with Gasteiger partial charge in [-0.2, -0.15) is 11.8 Å². The van der Waals surface area contributed by atoms with E-state index >= 15 is 0 Å². The molecule has 0 saturated carbocycles. The number of thioether (sulfide) groups is 1. The fraction of sp³-hybridized carbons (Fsp3) is 0.571. The summed E-state index contributed by atoms with van der Waals surface area (Å²) in [5.41, 5.74) is 2.97. The normalized spacial score (nSPS) is 20.9. The largest absolute Gasteiger partial charge is 0.314 e. The number of nitrogens with one attached hydrogen (secondary N) is 1. The van der Waals surface area contributed by atoms with E-state index in [9.17, 15) is 0 Å². The Morgan fingerprint density at radius 3 is 2.75 bits per heavy atom. The average molecular weight is 235 g/mol. The lowest BCUT2D eigenvalue weighted by molar-refractivity contribution is 0.689.